The van der Waals surface area contributed by atoms with Gasteiger partial charge in [-0.2, -0.15) is 5.10 Å². The van der Waals surface area contributed by atoms with E-state index in [4.69, 9.17) is 36.3 Å². The van der Waals surface area contributed by atoms with Crippen molar-refractivity contribution < 1.29 is 28.5 Å². The number of H-pyrrole nitrogens is 1. The Balaban J connectivity index is 1.61. The first-order valence-electron chi connectivity index (χ1n) is 15.9. The monoisotopic (exact) mass is 686 g/mol. The van der Waals surface area contributed by atoms with E-state index >= 15 is 0 Å². The molecule has 4 aromatic carbocycles. The number of fused-ring (bicyclic) bond motifs is 1. The third-order valence-corrected chi connectivity index (χ3v) is 9.71. The number of rotatable bonds is 8. The molecule has 252 valence electrons. The minimum atomic E-state index is -1.79. The molecule has 0 radical (unpaired) electrons. The zero-order chi connectivity index (χ0) is 35.0. The molecule has 10 nitrogen and oxygen atoms in total. The molecular formula is C39H34N4O6S. The van der Waals surface area contributed by atoms with Gasteiger partial charge in [0.15, 0.2) is 10.5 Å². The van der Waals surface area contributed by atoms with E-state index < -0.39 is 29.1 Å². The van der Waals surface area contributed by atoms with Crippen LogP contribution in [0.25, 0.3) is 22.9 Å². The highest BCUT2D eigenvalue weighted by molar-refractivity contribution is 7.80. The van der Waals surface area contributed by atoms with Crippen LogP contribution in [0.5, 0.6) is 23.0 Å². The van der Waals surface area contributed by atoms with Crippen LogP contribution in [0.15, 0.2) is 97.1 Å². The van der Waals surface area contributed by atoms with Gasteiger partial charge in [0.25, 0.3) is 0 Å². The fraction of sp³-hybridized carbons (Fsp3) is 0.179. The van der Waals surface area contributed by atoms with Gasteiger partial charge >= 0.3 is 0 Å². The van der Waals surface area contributed by atoms with Crippen LogP contribution in [0.1, 0.15) is 39.8 Å². The molecule has 1 aliphatic heterocycles. The van der Waals surface area contributed by atoms with Crippen LogP contribution in [0.3, 0.4) is 0 Å². The van der Waals surface area contributed by atoms with Gasteiger partial charge in [0.05, 0.1) is 39.8 Å². The third kappa shape index (κ3) is 5.36. The second-order valence-electron chi connectivity index (χ2n) is 12.0. The van der Waals surface area contributed by atoms with Crippen LogP contribution in [0, 0.1) is 5.41 Å². The lowest BCUT2D eigenvalue weighted by Crippen LogP contribution is -2.67. The van der Waals surface area contributed by atoms with Gasteiger partial charge < -0.3 is 29.6 Å². The molecule has 11 heteroatoms. The summed E-state index contributed by atoms with van der Waals surface area (Å²) in [7, 11) is 6.40. The Kier molecular flexibility index (Phi) is 8.59. The summed E-state index contributed by atoms with van der Waals surface area (Å²) in [5.41, 5.74) is 3.87. The van der Waals surface area contributed by atoms with Crippen LogP contribution >= 0.6 is 12.2 Å². The number of allylic oxidation sites excluding steroid dienone is 1. The van der Waals surface area contributed by atoms with Crippen molar-refractivity contribution in [3.05, 3.63) is 125 Å². The maximum absolute atomic E-state index is 15.0. The molecular weight excluding hydrogens is 653 g/mol. The summed E-state index contributed by atoms with van der Waals surface area (Å²) >= 11 is 5.38. The number of thiocarbonyl (C=S) groups is 1. The highest BCUT2D eigenvalue weighted by Gasteiger charge is 2.65. The number of nitrogens with zero attached hydrogens (tertiary/aromatic N) is 1. The van der Waals surface area contributed by atoms with Crippen LogP contribution < -0.4 is 29.6 Å². The average molecular weight is 687 g/mol. The van der Waals surface area contributed by atoms with Crippen molar-refractivity contribution in [2.45, 2.75) is 11.8 Å². The number of methoxy groups -OCH3 is 4. The summed E-state index contributed by atoms with van der Waals surface area (Å²) in [5.74, 6) is -0.0986. The van der Waals surface area contributed by atoms with Crippen molar-refractivity contribution in [1.82, 2.24) is 20.8 Å². The van der Waals surface area contributed by atoms with E-state index in [1.165, 1.54) is 0 Å². The Morgan fingerprint density at radius 3 is 1.56 bits per heavy atom. The molecule has 2 amide bonds. The minimum Gasteiger partial charge on any atom is -0.497 e. The number of amides is 2. The molecule has 5 aromatic rings. The molecule has 0 saturated carbocycles. The molecule has 7 rings (SSSR count). The Morgan fingerprint density at radius 2 is 1.08 bits per heavy atom. The molecule has 3 N–H and O–H groups in total. The largest absolute Gasteiger partial charge is 0.497 e. The van der Waals surface area contributed by atoms with E-state index in [-0.39, 0.29) is 5.11 Å². The number of hydrogen-bond acceptors (Lipinski definition) is 8. The second-order valence-corrected chi connectivity index (χ2v) is 12.4. The molecule has 1 aliphatic carbocycles. The van der Waals surface area contributed by atoms with E-state index in [1.54, 1.807) is 28.4 Å². The zero-order valence-electron chi connectivity index (χ0n) is 27.8. The van der Waals surface area contributed by atoms with Crippen LogP contribution in [0.4, 0.5) is 0 Å². The van der Waals surface area contributed by atoms with E-state index in [0.29, 0.717) is 56.6 Å². The Labute approximate surface area is 294 Å². The predicted molar refractivity (Wildman–Crippen MR) is 193 cm³/mol. The molecule has 1 spiro atoms. The van der Waals surface area contributed by atoms with Gasteiger partial charge in [0.2, 0.25) is 11.8 Å². The van der Waals surface area contributed by atoms with E-state index in [2.05, 4.69) is 15.7 Å². The zero-order valence-corrected chi connectivity index (χ0v) is 28.6. The maximum Gasteiger partial charge on any atom is 0.243 e. The number of aromatic nitrogens is 2. The van der Waals surface area contributed by atoms with Crippen LogP contribution in [-0.4, -0.2) is 55.6 Å². The van der Waals surface area contributed by atoms with Crippen molar-refractivity contribution in [3.8, 4) is 34.3 Å². The number of aromatic amines is 1. The van der Waals surface area contributed by atoms with Crippen molar-refractivity contribution in [2.75, 3.05) is 28.4 Å². The van der Waals surface area contributed by atoms with Gasteiger partial charge in [0, 0.05) is 23.0 Å². The lowest BCUT2D eigenvalue weighted by Gasteiger charge is -2.49. The molecule has 2 atom stereocenters. The fourth-order valence-corrected chi connectivity index (χ4v) is 7.36. The van der Waals surface area contributed by atoms with E-state index in [9.17, 15) is 9.59 Å². The normalized spacial score (nSPS) is 18.6. The molecule has 1 aromatic heterocycles. The van der Waals surface area contributed by atoms with Crippen molar-refractivity contribution in [3.63, 3.8) is 0 Å². The summed E-state index contributed by atoms with van der Waals surface area (Å²) in [4.78, 5) is 29.9. The Morgan fingerprint density at radius 1 is 0.640 bits per heavy atom. The lowest BCUT2D eigenvalue weighted by atomic mass is 9.52. The number of benzene rings is 4. The van der Waals surface area contributed by atoms with Gasteiger partial charge in [-0.1, -0.05) is 36.4 Å². The number of nitrogens with one attached hydrogen (secondary N) is 3. The predicted octanol–water partition coefficient (Wildman–Crippen LogP) is 6.10. The molecule has 2 aliphatic rings. The molecule has 50 heavy (non-hydrogen) atoms. The standard InChI is InChI=1S/C39H34N4O6S/c1-46-26-13-5-22(6-14-26)21-30-32(23-7-15-27(47-2)16-8-23)39(36(44)40-38(50)41-37(39)45)33(24-9-17-28(48-3)18-10-24)31-34(42-43-35(30)31)25-11-19-29(49-4)20-12-25/h5-21,32-33H,1-4H3,(H,42,43)(H2,40,41,44,45,50)/b30-21-. The SMILES string of the molecule is COc1ccc(/C=C2\c3n[nH]c(-c4ccc(OC)cc4)c3C(c3ccc(OC)cc3)C3(C(=O)NC(=S)NC3=O)C2c2ccc(OC)cc2)cc1. The fourth-order valence-electron chi connectivity index (χ4n) is 7.17. The molecule has 2 unspecified atom stereocenters. The highest BCUT2D eigenvalue weighted by atomic mass is 32.1. The first kappa shape index (κ1) is 32.6. The molecule has 1 saturated heterocycles. The summed E-state index contributed by atoms with van der Waals surface area (Å²) < 4.78 is 21.8. The van der Waals surface area contributed by atoms with Crippen LogP contribution in [0.2, 0.25) is 0 Å². The number of carbonyl (C=O) groups excluding carboxylic acids is 2. The van der Waals surface area contributed by atoms with E-state index in [0.717, 1.165) is 11.1 Å². The molecule has 0 bridgehead atoms. The molecule has 1 fully saturated rings. The van der Waals surface area contributed by atoms with Gasteiger partial charge in [0.1, 0.15) is 23.0 Å². The number of ether oxygens (including phenoxy) is 4. The second kappa shape index (κ2) is 13.2. The summed E-state index contributed by atoms with van der Waals surface area (Å²) in [6.07, 6.45) is 1.98. The summed E-state index contributed by atoms with van der Waals surface area (Å²) in [5, 5.41) is 13.9. The topological polar surface area (TPSA) is 124 Å². The Bertz CT molecular complexity index is 2090. The van der Waals surface area contributed by atoms with E-state index in [1.807, 2.05) is 103 Å². The third-order valence-electron chi connectivity index (χ3n) is 9.51. The van der Waals surface area contributed by atoms with Gasteiger partial charge in [-0.15, -0.1) is 0 Å². The number of carbonyl (C=O) groups is 2. The Hall–Kier alpha value is -5.94. The van der Waals surface area contributed by atoms with Crippen molar-refractivity contribution in [2.24, 2.45) is 5.41 Å². The van der Waals surface area contributed by atoms with Crippen molar-refractivity contribution in [1.29, 1.82) is 0 Å². The highest BCUT2D eigenvalue weighted by Crippen LogP contribution is 2.62. The first-order valence-corrected chi connectivity index (χ1v) is 16.3. The van der Waals surface area contributed by atoms with Crippen molar-refractivity contribution >= 4 is 40.8 Å². The smallest absolute Gasteiger partial charge is 0.243 e. The minimum absolute atomic E-state index is 0.0540. The first-order chi connectivity index (χ1) is 24.3. The van der Waals surface area contributed by atoms with Gasteiger partial charge in [-0.3, -0.25) is 14.7 Å². The number of hydrogen-bond donors (Lipinski definition) is 3. The van der Waals surface area contributed by atoms with Gasteiger partial charge in [-0.05, 0) is 101 Å². The summed E-state index contributed by atoms with van der Waals surface area (Å²) in [6, 6.07) is 29.9. The quantitative estimate of drug-likeness (QED) is 0.132. The van der Waals surface area contributed by atoms with Gasteiger partial charge in [-0.25, -0.2) is 0 Å². The lowest BCUT2D eigenvalue weighted by molar-refractivity contribution is -0.145. The van der Waals surface area contributed by atoms with Crippen LogP contribution in [-0.2, 0) is 9.59 Å². The maximum atomic E-state index is 15.0. The molecule has 2 heterocycles. The average Bonchev–Trinajstić information content (AvgIpc) is 3.59. The summed E-state index contributed by atoms with van der Waals surface area (Å²) in [6.45, 7) is 0.